The Hall–Kier alpha value is -1.15. The maximum Gasteiger partial charge on any atom is 0.150 e. The van der Waals surface area contributed by atoms with Crippen LogP contribution in [-0.4, -0.2) is 12.8 Å². The lowest BCUT2D eigenvalue weighted by Crippen LogP contribution is -2.27. The normalized spacial score (nSPS) is 20.8. The zero-order valence-electron chi connectivity index (χ0n) is 10.0. The van der Waals surface area contributed by atoms with Gasteiger partial charge in [0.25, 0.3) is 0 Å². The number of carbonyl (C=O) groups excluding carboxylic acids is 1. The number of rotatable bonds is 2. The van der Waals surface area contributed by atoms with Gasteiger partial charge in [-0.1, -0.05) is 12.5 Å². The molecular weight excluding hydrogens is 198 g/mol. The van der Waals surface area contributed by atoms with E-state index in [2.05, 4.69) is 25.2 Å². The van der Waals surface area contributed by atoms with Crippen LogP contribution in [0.3, 0.4) is 0 Å². The van der Waals surface area contributed by atoms with Gasteiger partial charge in [0.2, 0.25) is 0 Å². The van der Waals surface area contributed by atoms with E-state index >= 15 is 0 Å². The highest BCUT2D eigenvalue weighted by Gasteiger charge is 2.18. The molecule has 1 aliphatic rings. The van der Waals surface area contributed by atoms with Crippen molar-refractivity contribution in [2.45, 2.75) is 39.2 Å². The highest BCUT2D eigenvalue weighted by molar-refractivity contribution is 5.78. The fourth-order valence-electron chi connectivity index (χ4n) is 2.38. The molecule has 1 heterocycles. The molecule has 0 aliphatic carbocycles. The maximum atomic E-state index is 11.1. The molecule has 2 heteroatoms. The first-order chi connectivity index (χ1) is 7.72. The molecule has 0 amide bonds. The Bertz CT molecular complexity index is 392. The van der Waals surface area contributed by atoms with Crippen molar-refractivity contribution in [2.75, 3.05) is 6.54 Å². The van der Waals surface area contributed by atoms with E-state index in [1.54, 1.807) is 0 Å². The molecule has 16 heavy (non-hydrogen) atoms. The highest BCUT2D eigenvalue weighted by Crippen LogP contribution is 2.27. The maximum absolute atomic E-state index is 11.1. The molecule has 2 nitrogen and oxygen atoms in total. The standard InChI is InChI=1S/C14H19NO/c1-10-7-12(9-16)13(8-11(10)2)14-5-3-4-6-15-14/h7-9,14-15H,3-6H2,1-2H3. The molecule has 1 atom stereocenters. The second kappa shape index (κ2) is 4.79. The van der Waals surface area contributed by atoms with Gasteiger partial charge in [-0.05, 0) is 56.0 Å². The van der Waals surface area contributed by atoms with Crippen molar-refractivity contribution in [1.29, 1.82) is 0 Å². The second-order valence-electron chi connectivity index (χ2n) is 4.69. The summed E-state index contributed by atoms with van der Waals surface area (Å²) in [6, 6.07) is 4.55. The van der Waals surface area contributed by atoms with E-state index in [9.17, 15) is 4.79 Å². The van der Waals surface area contributed by atoms with Crippen LogP contribution in [0, 0.1) is 13.8 Å². The molecule has 1 aliphatic heterocycles. The molecular formula is C14H19NO. The molecule has 0 saturated carbocycles. The molecule has 1 N–H and O–H groups in total. The summed E-state index contributed by atoms with van der Waals surface area (Å²) in [6.45, 7) is 5.23. The molecule has 0 aromatic heterocycles. The van der Waals surface area contributed by atoms with Crippen LogP contribution in [0.4, 0.5) is 0 Å². The van der Waals surface area contributed by atoms with Crippen LogP contribution in [0.2, 0.25) is 0 Å². The Morgan fingerprint density at radius 1 is 1.25 bits per heavy atom. The van der Waals surface area contributed by atoms with Gasteiger partial charge in [-0.15, -0.1) is 0 Å². The van der Waals surface area contributed by atoms with Crippen molar-refractivity contribution < 1.29 is 4.79 Å². The van der Waals surface area contributed by atoms with Crippen LogP contribution in [0.25, 0.3) is 0 Å². The number of nitrogens with one attached hydrogen (secondary N) is 1. The van der Waals surface area contributed by atoms with E-state index in [-0.39, 0.29) is 0 Å². The van der Waals surface area contributed by atoms with Gasteiger partial charge in [0.1, 0.15) is 6.29 Å². The average molecular weight is 217 g/mol. The summed E-state index contributed by atoms with van der Waals surface area (Å²) in [5.74, 6) is 0. The molecule has 1 unspecified atom stereocenters. The van der Waals surface area contributed by atoms with Gasteiger partial charge in [-0.25, -0.2) is 0 Å². The van der Waals surface area contributed by atoms with E-state index < -0.39 is 0 Å². The van der Waals surface area contributed by atoms with E-state index in [4.69, 9.17) is 0 Å². The molecule has 2 rings (SSSR count). The first-order valence-corrected chi connectivity index (χ1v) is 6.02. The van der Waals surface area contributed by atoms with Crippen LogP contribution in [-0.2, 0) is 0 Å². The fraction of sp³-hybridized carbons (Fsp3) is 0.500. The molecule has 1 aromatic carbocycles. The Kier molecular flexibility index (Phi) is 3.39. The minimum atomic E-state index is 0.369. The van der Waals surface area contributed by atoms with Crippen molar-refractivity contribution in [1.82, 2.24) is 5.32 Å². The molecule has 0 spiro atoms. The van der Waals surface area contributed by atoms with Gasteiger partial charge in [0.15, 0.2) is 0 Å². The quantitative estimate of drug-likeness (QED) is 0.772. The fourth-order valence-corrected chi connectivity index (χ4v) is 2.38. The molecule has 0 bridgehead atoms. The molecule has 0 radical (unpaired) electrons. The Balaban J connectivity index is 2.37. The second-order valence-corrected chi connectivity index (χ2v) is 4.69. The van der Waals surface area contributed by atoms with Crippen molar-refractivity contribution >= 4 is 6.29 Å². The van der Waals surface area contributed by atoms with Gasteiger partial charge in [-0.2, -0.15) is 0 Å². The summed E-state index contributed by atoms with van der Waals surface area (Å²) in [7, 11) is 0. The zero-order valence-corrected chi connectivity index (χ0v) is 10.0. The summed E-state index contributed by atoms with van der Waals surface area (Å²) < 4.78 is 0. The molecule has 1 fully saturated rings. The van der Waals surface area contributed by atoms with Gasteiger partial charge in [0, 0.05) is 11.6 Å². The zero-order chi connectivity index (χ0) is 11.5. The van der Waals surface area contributed by atoms with Crippen LogP contribution in [0.5, 0.6) is 0 Å². The number of aldehydes is 1. The average Bonchev–Trinajstić information content (AvgIpc) is 2.33. The third-order valence-corrected chi connectivity index (χ3v) is 3.51. The lowest BCUT2D eigenvalue weighted by Gasteiger charge is -2.25. The lowest BCUT2D eigenvalue weighted by atomic mass is 9.91. The van der Waals surface area contributed by atoms with Crippen LogP contribution >= 0.6 is 0 Å². The SMILES string of the molecule is Cc1cc(C=O)c(C2CCCCN2)cc1C. The van der Waals surface area contributed by atoms with Gasteiger partial charge < -0.3 is 5.32 Å². The highest BCUT2D eigenvalue weighted by atomic mass is 16.1. The topological polar surface area (TPSA) is 29.1 Å². The molecule has 86 valence electrons. The summed E-state index contributed by atoms with van der Waals surface area (Å²) in [6.07, 6.45) is 4.63. The van der Waals surface area contributed by atoms with Gasteiger partial charge >= 0.3 is 0 Å². The number of aryl methyl sites for hydroxylation is 2. The third-order valence-electron chi connectivity index (χ3n) is 3.51. The number of benzene rings is 1. The Labute approximate surface area is 97.1 Å². The predicted octanol–water partition coefficient (Wildman–Crippen LogP) is 2.93. The van der Waals surface area contributed by atoms with Gasteiger partial charge in [0.05, 0.1) is 0 Å². The smallest absolute Gasteiger partial charge is 0.150 e. The first-order valence-electron chi connectivity index (χ1n) is 6.02. The third kappa shape index (κ3) is 2.17. The first kappa shape index (κ1) is 11.3. The largest absolute Gasteiger partial charge is 0.310 e. The number of carbonyl (C=O) groups is 1. The minimum Gasteiger partial charge on any atom is -0.310 e. The molecule has 1 saturated heterocycles. The van der Waals surface area contributed by atoms with E-state index in [1.165, 1.54) is 29.5 Å². The van der Waals surface area contributed by atoms with Crippen LogP contribution < -0.4 is 5.32 Å². The minimum absolute atomic E-state index is 0.369. The summed E-state index contributed by atoms with van der Waals surface area (Å²) in [4.78, 5) is 11.1. The van der Waals surface area contributed by atoms with E-state index in [0.29, 0.717) is 6.04 Å². The van der Waals surface area contributed by atoms with Crippen LogP contribution in [0.1, 0.15) is 52.4 Å². The van der Waals surface area contributed by atoms with Crippen molar-refractivity contribution in [3.05, 3.63) is 34.4 Å². The molecule has 1 aromatic rings. The number of hydrogen-bond donors (Lipinski definition) is 1. The Morgan fingerprint density at radius 3 is 2.62 bits per heavy atom. The number of hydrogen-bond acceptors (Lipinski definition) is 2. The van der Waals surface area contributed by atoms with Crippen molar-refractivity contribution in [3.63, 3.8) is 0 Å². The monoisotopic (exact) mass is 217 g/mol. The Morgan fingerprint density at radius 2 is 2.00 bits per heavy atom. The van der Waals surface area contributed by atoms with Crippen LogP contribution in [0.15, 0.2) is 12.1 Å². The predicted molar refractivity (Wildman–Crippen MR) is 65.9 cm³/mol. The summed E-state index contributed by atoms with van der Waals surface area (Å²) in [5, 5.41) is 3.50. The van der Waals surface area contributed by atoms with E-state index in [0.717, 1.165) is 24.8 Å². The summed E-state index contributed by atoms with van der Waals surface area (Å²) >= 11 is 0. The number of piperidine rings is 1. The lowest BCUT2D eigenvalue weighted by molar-refractivity contribution is 0.112. The van der Waals surface area contributed by atoms with Crippen molar-refractivity contribution in [3.8, 4) is 0 Å². The van der Waals surface area contributed by atoms with Crippen molar-refractivity contribution in [2.24, 2.45) is 0 Å². The van der Waals surface area contributed by atoms with Gasteiger partial charge in [-0.3, -0.25) is 4.79 Å². The van der Waals surface area contributed by atoms with E-state index in [1.807, 2.05) is 6.07 Å². The summed E-state index contributed by atoms with van der Waals surface area (Å²) in [5.41, 5.74) is 4.50.